The maximum atomic E-state index is 11.9. The lowest BCUT2D eigenvalue weighted by Crippen LogP contribution is -2.20. The maximum Gasteiger partial charge on any atom is 0.0475 e. The van der Waals surface area contributed by atoms with E-state index >= 15 is 0 Å². The van der Waals surface area contributed by atoms with Crippen molar-refractivity contribution in [1.29, 1.82) is 0 Å². The van der Waals surface area contributed by atoms with Crippen molar-refractivity contribution in [2.45, 2.75) is 13.0 Å². The Morgan fingerprint density at radius 1 is 1.00 bits per heavy atom. The molecule has 2 aromatic rings. The summed E-state index contributed by atoms with van der Waals surface area (Å²) in [5.41, 5.74) is 3.23. The number of aromatic nitrogens is 1. The summed E-state index contributed by atoms with van der Waals surface area (Å²) >= 11 is 0. The van der Waals surface area contributed by atoms with Gasteiger partial charge in [0.1, 0.15) is 0 Å². The summed E-state index contributed by atoms with van der Waals surface area (Å²) in [6, 6.07) is 12.0. The summed E-state index contributed by atoms with van der Waals surface area (Å²) < 4.78 is 2.02. The Hall–Kier alpha value is -1.54. The van der Waals surface area contributed by atoms with E-state index in [-0.39, 0.29) is 6.10 Å². The molecule has 0 N–H and O–H groups in total. The van der Waals surface area contributed by atoms with Crippen LogP contribution in [0.5, 0.6) is 0 Å². The minimum absolute atomic E-state index is 0.213. The Morgan fingerprint density at radius 2 is 1.80 bits per heavy atom. The van der Waals surface area contributed by atoms with Crippen molar-refractivity contribution in [3.63, 3.8) is 0 Å². The summed E-state index contributed by atoms with van der Waals surface area (Å²) in [5.74, 6) is 0. The third-order valence-corrected chi connectivity index (χ3v) is 2.93. The molecule has 3 rings (SSSR count). The highest BCUT2D eigenvalue weighted by molar-refractivity contribution is 5.36. The molecule has 0 fully saturated rings. The van der Waals surface area contributed by atoms with E-state index < -0.39 is 0 Å². The molecule has 1 aliphatic rings. The van der Waals surface area contributed by atoms with Crippen LogP contribution in [-0.4, -0.2) is 4.57 Å². The van der Waals surface area contributed by atoms with E-state index in [1.54, 1.807) is 0 Å². The molecule has 0 spiro atoms. The molecule has 75 valence electrons. The first kappa shape index (κ1) is 8.74. The van der Waals surface area contributed by atoms with Crippen LogP contribution in [0.15, 0.2) is 42.6 Å². The minimum atomic E-state index is 0.213. The van der Waals surface area contributed by atoms with Crippen LogP contribution in [0.4, 0.5) is 0 Å². The van der Waals surface area contributed by atoms with Gasteiger partial charge in [-0.15, -0.1) is 0 Å². The van der Waals surface area contributed by atoms with Crippen molar-refractivity contribution in [3.8, 4) is 0 Å². The van der Waals surface area contributed by atoms with Gasteiger partial charge >= 0.3 is 0 Å². The SMILES string of the molecule is [O-][C]1Cc2ccccc2Cn2cccc21. The van der Waals surface area contributed by atoms with Crippen molar-refractivity contribution < 1.29 is 5.11 Å². The second-order valence-corrected chi connectivity index (χ2v) is 3.89. The summed E-state index contributed by atoms with van der Waals surface area (Å²) in [4.78, 5) is 0. The second kappa shape index (κ2) is 3.24. The molecule has 0 saturated heterocycles. The van der Waals surface area contributed by atoms with Crippen molar-refractivity contribution in [2.75, 3.05) is 0 Å². The van der Waals surface area contributed by atoms with Gasteiger partial charge in [-0.25, -0.2) is 0 Å². The number of nitrogens with zero attached hydrogens (tertiary/aromatic N) is 1. The predicted molar refractivity (Wildman–Crippen MR) is 56.0 cm³/mol. The van der Waals surface area contributed by atoms with E-state index in [9.17, 15) is 5.11 Å². The van der Waals surface area contributed by atoms with Gasteiger partial charge in [0.15, 0.2) is 0 Å². The molecule has 1 radical (unpaired) electrons. The second-order valence-electron chi connectivity index (χ2n) is 3.89. The van der Waals surface area contributed by atoms with Crippen molar-refractivity contribution >= 4 is 0 Å². The van der Waals surface area contributed by atoms with Gasteiger partial charge in [-0.05, 0) is 29.7 Å². The van der Waals surface area contributed by atoms with Crippen LogP contribution < -0.4 is 5.11 Å². The molecule has 0 bridgehead atoms. The highest BCUT2D eigenvalue weighted by Crippen LogP contribution is 2.24. The van der Waals surface area contributed by atoms with Gasteiger partial charge in [0.05, 0.1) is 0 Å². The molecular formula is C13H11NO-. The van der Waals surface area contributed by atoms with Crippen LogP contribution in [0.1, 0.15) is 16.8 Å². The molecule has 1 aliphatic heterocycles. The fourth-order valence-corrected chi connectivity index (χ4v) is 2.14. The lowest BCUT2D eigenvalue weighted by molar-refractivity contribution is -0.345. The van der Waals surface area contributed by atoms with Gasteiger partial charge in [-0.2, -0.15) is 0 Å². The van der Waals surface area contributed by atoms with Gasteiger partial charge in [-0.3, -0.25) is 0 Å². The largest absolute Gasteiger partial charge is 0.845 e. The first-order valence-corrected chi connectivity index (χ1v) is 5.10. The number of benzene rings is 1. The zero-order chi connectivity index (χ0) is 10.3. The molecular weight excluding hydrogens is 186 g/mol. The molecule has 1 aromatic carbocycles. The highest BCUT2D eigenvalue weighted by atomic mass is 16.3. The summed E-state index contributed by atoms with van der Waals surface area (Å²) in [6.07, 6.45) is 2.71. The molecule has 0 aliphatic carbocycles. The Kier molecular flexibility index (Phi) is 1.89. The van der Waals surface area contributed by atoms with Gasteiger partial charge in [0.2, 0.25) is 0 Å². The quantitative estimate of drug-likeness (QED) is 0.626. The number of rotatable bonds is 0. The van der Waals surface area contributed by atoms with E-state index in [0.29, 0.717) is 6.42 Å². The smallest absolute Gasteiger partial charge is 0.0475 e. The van der Waals surface area contributed by atoms with Gasteiger partial charge in [-0.1, -0.05) is 30.4 Å². The summed E-state index contributed by atoms with van der Waals surface area (Å²) in [7, 11) is 0. The van der Waals surface area contributed by atoms with Crippen molar-refractivity contribution in [2.24, 2.45) is 0 Å². The number of hydrogen-bond donors (Lipinski definition) is 0. The van der Waals surface area contributed by atoms with E-state index in [4.69, 9.17) is 0 Å². The maximum absolute atomic E-state index is 11.9. The van der Waals surface area contributed by atoms with Crippen LogP contribution in [0.3, 0.4) is 0 Å². The fourth-order valence-electron chi connectivity index (χ4n) is 2.14. The number of fused-ring (bicyclic) bond motifs is 2. The Balaban J connectivity index is 2.14. The average Bonchev–Trinajstić information content (AvgIpc) is 2.64. The Bertz CT molecular complexity index is 487. The standard InChI is InChI=1S/C13H11NO/c15-13-8-10-4-1-2-5-11(10)9-14-7-3-6-12(13)14/h1-7H,8-9H2/q-1. The zero-order valence-electron chi connectivity index (χ0n) is 8.31. The van der Waals surface area contributed by atoms with Crippen LogP contribution >= 0.6 is 0 Å². The molecule has 2 heteroatoms. The van der Waals surface area contributed by atoms with Crippen LogP contribution in [-0.2, 0) is 13.0 Å². The van der Waals surface area contributed by atoms with E-state index in [0.717, 1.165) is 17.8 Å². The van der Waals surface area contributed by atoms with Gasteiger partial charge < -0.3 is 9.67 Å². The normalized spacial score (nSPS) is 15.5. The van der Waals surface area contributed by atoms with Crippen molar-refractivity contribution in [3.05, 3.63) is 65.5 Å². The lowest BCUT2D eigenvalue weighted by atomic mass is 10.0. The zero-order valence-corrected chi connectivity index (χ0v) is 8.31. The van der Waals surface area contributed by atoms with E-state index in [1.807, 2.05) is 41.1 Å². The van der Waals surface area contributed by atoms with Crippen LogP contribution in [0, 0.1) is 6.10 Å². The number of hydrogen-bond acceptors (Lipinski definition) is 1. The first-order chi connectivity index (χ1) is 7.34. The third kappa shape index (κ3) is 1.38. The molecule has 0 amide bonds. The minimum Gasteiger partial charge on any atom is -0.845 e. The summed E-state index contributed by atoms with van der Waals surface area (Å²) in [5, 5.41) is 11.9. The van der Waals surface area contributed by atoms with Gasteiger partial charge in [0, 0.05) is 18.4 Å². The molecule has 2 nitrogen and oxygen atoms in total. The molecule has 0 saturated carbocycles. The first-order valence-electron chi connectivity index (χ1n) is 5.10. The topological polar surface area (TPSA) is 28.0 Å². The predicted octanol–water partition coefficient (Wildman–Crippen LogP) is 1.33. The Labute approximate surface area is 88.8 Å². The van der Waals surface area contributed by atoms with Gasteiger partial charge in [0.25, 0.3) is 0 Å². The van der Waals surface area contributed by atoms with E-state index in [1.165, 1.54) is 5.56 Å². The fraction of sp³-hybridized carbons (Fsp3) is 0.154. The van der Waals surface area contributed by atoms with Crippen molar-refractivity contribution in [1.82, 2.24) is 4.57 Å². The third-order valence-electron chi connectivity index (χ3n) is 2.93. The lowest BCUT2D eigenvalue weighted by Gasteiger charge is -2.20. The highest BCUT2D eigenvalue weighted by Gasteiger charge is 2.13. The summed E-state index contributed by atoms with van der Waals surface area (Å²) in [6.45, 7) is 0.810. The van der Waals surface area contributed by atoms with E-state index in [2.05, 4.69) is 6.07 Å². The van der Waals surface area contributed by atoms with Crippen LogP contribution in [0.25, 0.3) is 0 Å². The average molecular weight is 197 g/mol. The molecule has 2 heterocycles. The molecule has 0 atom stereocenters. The molecule has 1 aromatic heterocycles. The monoisotopic (exact) mass is 197 g/mol. The van der Waals surface area contributed by atoms with Crippen LogP contribution in [0.2, 0.25) is 0 Å². The molecule has 15 heavy (non-hydrogen) atoms. The Morgan fingerprint density at radius 3 is 2.67 bits per heavy atom. The molecule has 0 unspecified atom stereocenters.